The normalized spacial score (nSPS) is 11.0. The molecule has 0 atom stereocenters. The Morgan fingerprint density at radius 3 is 2.42 bits per heavy atom. The number of benzene rings is 3. The number of hydrogen-bond acceptors (Lipinski definition) is 5. The summed E-state index contributed by atoms with van der Waals surface area (Å²) in [6.45, 7) is 2.05. The van der Waals surface area contributed by atoms with Crippen LogP contribution < -0.4 is 16.4 Å². The Balaban J connectivity index is 1.34. The molecule has 0 aliphatic heterocycles. The zero-order valence-electron chi connectivity index (χ0n) is 16.7. The van der Waals surface area contributed by atoms with E-state index < -0.39 is 0 Å². The fraction of sp³-hybridized carbons (Fsp3) is 0.0417. The molecule has 7 heteroatoms. The van der Waals surface area contributed by atoms with Crippen molar-refractivity contribution in [1.82, 2.24) is 9.97 Å². The van der Waals surface area contributed by atoms with Crippen molar-refractivity contribution in [2.24, 2.45) is 0 Å². The van der Waals surface area contributed by atoms with E-state index in [0.29, 0.717) is 11.5 Å². The predicted molar refractivity (Wildman–Crippen MR) is 129 cm³/mol. The Hall–Kier alpha value is -3.97. The van der Waals surface area contributed by atoms with Crippen LogP contribution in [0.15, 0.2) is 73.1 Å². The largest absolute Gasteiger partial charge is 0.383 e. The number of hydrogen-bond donors (Lipinski definition) is 3. The molecule has 2 amide bonds. The molecule has 152 valence electrons. The average Bonchev–Trinajstić information content (AvgIpc) is 3.11. The molecule has 0 aliphatic rings. The standard InChI is InChI=1S/C24H19N5OS/c1-14-20(21-22(25)26-13-27-23(21)31-14)16-7-9-18(10-8-16)28-24(30)29-19-11-6-15-4-2-3-5-17(15)12-19/h2-13H,1H3,(H2,25,26,27)(H2,28,29,30). The van der Waals surface area contributed by atoms with E-state index in [4.69, 9.17) is 5.73 Å². The van der Waals surface area contributed by atoms with Crippen LogP contribution in [0.3, 0.4) is 0 Å². The highest BCUT2D eigenvalue weighted by Crippen LogP contribution is 2.39. The molecule has 5 aromatic rings. The first-order valence-corrected chi connectivity index (χ1v) is 10.6. The predicted octanol–water partition coefficient (Wildman–Crippen LogP) is 6.05. The second-order valence-electron chi connectivity index (χ2n) is 7.19. The van der Waals surface area contributed by atoms with Gasteiger partial charge in [-0.05, 0) is 47.5 Å². The lowest BCUT2D eigenvalue weighted by Gasteiger charge is -2.10. The molecule has 0 spiro atoms. The van der Waals surface area contributed by atoms with Gasteiger partial charge >= 0.3 is 6.03 Å². The third-order valence-electron chi connectivity index (χ3n) is 5.13. The third-order valence-corrected chi connectivity index (χ3v) is 6.15. The number of aromatic nitrogens is 2. The number of nitrogen functional groups attached to an aromatic ring is 1. The summed E-state index contributed by atoms with van der Waals surface area (Å²) >= 11 is 1.59. The van der Waals surface area contributed by atoms with Crippen molar-refractivity contribution in [1.29, 1.82) is 0 Å². The molecule has 0 radical (unpaired) electrons. The molecule has 2 aromatic heterocycles. The molecule has 0 saturated heterocycles. The second kappa shape index (κ2) is 7.70. The van der Waals surface area contributed by atoms with Crippen molar-refractivity contribution in [3.05, 3.63) is 77.9 Å². The van der Waals surface area contributed by atoms with E-state index >= 15 is 0 Å². The van der Waals surface area contributed by atoms with E-state index in [1.807, 2.05) is 73.7 Å². The Kier molecular flexibility index (Phi) is 4.72. The number of urea groups is 1. The molecular formula is C24H19N5OS. The maximum absolute atomic E-state index is 12.5. The maximum atomic E-state index is 12.5. The van der Waals surface area contributed by atoms with Crippen LogP contribution in [0.2, 0.25) is 0 Å². The molecule has 3 aromatic carbocycles. The second-order valence-corrected chi connectivity index (χ2v) is 8.39. The monoisotopic (exact) mass is 425 g/mol. The fourth-order valence-corrected chi connectivity index (χ4v) is 4.72. The number of aryl methyl sites for hydroxylation is 1. The molecule has 0 unspecified atom stereocenters. The minimum atomic E-state index is -0.294. The summed E-state index contributed by atoms with van der Waals surface area (Å²) < 4.78 is 0. The Labute approximate surface area is 182 Å². The number of amides is 2. The summed E-state index contributed by atoms with van der Waals surface area (Å²) in [6, 6.07) is 21.2. The summed E-state index contributed by atoms with van der Waals surface area (Å²) in [5.74, 6) is 0.473. The molecule has 0 fully saturated rings. The first kappa shape index (κ1) is 19.0. The van der Waals surface area contributed by atoms with E-state index in [2.05, 4.69) is 20.6 Å². The number of nitrogens with zero attached hydrogens (tertiary/aromatic N) is 2. The van der Waals surface area contributed by atoms with Gasteiger partial charge in [0.1, 0.15) is 17.0 Å². The van der Waals surface area contributed by atoms with Gasteiger partial charge in [0.25, 0.3) is 0 Å². The van der Waals surface area contributed by atoms with Crippen molar-refractivity contribution in [3.8, 4) is 11.1 Å². The van der Waals surface area contributed by atoms with Gasteiger partial charge in [0.05, 0.1) is 5.39 Å². The lowest BCUT2D eigenvalue weighted by Crippen LogP contribution is -2.19. The number of nitrogens with one attached hydrogen (secondary N) is 2. The SMILES string of the molecule is Cc1sc2ncnc(N)c2c1-c1ccc(NC(=O)Nc2ccc3ccccc3c2)cc1. The average molecular weight is 426 g/mol. The number of fused-ring (bicyclic) bond motifs is 2. The molecule has 0 bridgehead atoms. The number of nitrogens with two attached hydrogens (primary N) is 1. The molecule has 5 rings (SSSR count). The van der Waals surface area contributed by atoms with Crippen molar-refractivity contribution in [3.63, 3.8) is 0 Å². The Bertz CT molecular complexity index is 1430. The van der Waals surface area contributed by atoms with Gasteiger partial charge in [-0.25, -0.2) is 14.8 Å². The van der Waals surface area contributed by atoms with E-state index in [0.717, 1.165) is 42.7 Å². The van der Waals surface area contributed by atoms with E-state index in [-0.39, 0.29) is 6.03 Å². The molecule has 6 nitrogen and oxygen atoms in total. The Morgan fingerprint density at radius 1 is 0.903 bits per heavy atom. The van der Waals surface area contributed by atoms with Crippen LogP contribution in [0.5, 0.6) is 0 Å². The van der Waals surface area contributed by atoms with Gasteiger partial charge < -0.3 is 16.4 Å². The third kappa shape index (κ3) is 3.67. The first-order chi connectivity index (χ1) is 15.1. The number of rotatable bonds is 3. The highest BCUT2D eigenvalue weighted by atomic mass is 32.1. The van der Waals surface area contributed by atoms with E-state index in [1.54, 1.807) is 11.3 Å². The number of carbonyl (C=O) groups is 1. The summed E-state index contributed by atoms with van der Waals surface area (Å²) in [4.78, 5) is 22.9. The lowest BCUT2D eigenvalue weighted by atomic mass is 10.0. The summed E-state index contributed by atoms with van der Waals surface area (Å²) in [5.41, 5.74) is 9.58. The van der Waals surface area contributed by atoms with Gasteiger partial charge in [0.2, 0.25) is 0 Å². The topological polar surface area (TPSA) is 92.9 Å². The van der Waals surface area contributed by atoms with E-state index in [9.17, 15) is 4.79 Å². The summed E-state index contributed by atoms with van der Waals surface area (Å²) in [7, 11) is 0. The highest BCUT2D eigenvalue weighted by Gasteiger charge is 2.15. The zero-order valence-corrected chi connectivity index (χ0v) is 17.5. The van der Waals surface area contributed by atoms with Crippen molar-refractivity contribution in [2.75, 3.05) is 16.4 Å². The Morgan fingerprint density at radius 2 is 1.61 bits per heavy atom. The molecule has 2 heterocycles. The molecule has 0 aliphatic carbocycles. The van der Waals surface area contributed by atoms with Gasteiger partial charge in [-0.1, -0.05) is 42.5 Å². The molecule has 4 N–H and O–H groups in total. The van der Waals surface area contributed by atoms with Gasteiger partial charge in [-0.15, -0.1) is 11.3 Å². The van der Waals surface area contributed by atoms with Crippen LogP contribution >= 0.6 is 11.3 Å². The summed E-state index contributed by atoms with van der Waals surface area (Å²) in [6.07, 6.45) is 1.48. The minimum Gasteiger partial charge on any atom is -0.383 e. The quantitative estimate of drug-likeness (QED) is 0.328. The van der Waals surface area contributed by atoms with Gasteiger partial charge in [-0.3, -0.25) is 0 Å². The van der Waals surface area contributed by atoms with Crippen LogP contribution in [-0.2, 0) is 0 Å². The lowest BCUT2D eigenvalue weighted by molar-refractivity contribution is 0.262. The number of thiophene rings is 1. The van der Waals surface area contributed by atoms with Gasteiger partial charge in [-0.2, -0.15) is 0 Å². The van der Waals surface area contributed by atoms with Crippen molar-refractivity contribution < 1.29 is 4.79 Å². The van der Waals surface area contributed by atoms with Crippen LogP contribution in [0, 0.1) is 6.92 Å². The highest BCUT2D eigenvalue weighted by molar-refractivity contribution is 7.19. The van der Waals surface area contributed by atoms with Crippen molar-refractivity contribution in [2.45, 2.75) is 6.92 Å². The number of anilines is 3. The summed E-state index contributed by atoms with van der Waals surface area (Å²) in [5, 5.41) is 8.84. The van der Waals surface area contributed by atoms with Crippen LogP contribution in [0.4, 0.5) is 22.0 Å². The fourth-order valence-electron chi connectivity index (χ4n) is 3.69. The molecule has 0 saturated carbocycles. The van der Waals surface area contributed by atoms with Crippen molar-refractivity contribution >= 4 is 55.5 Å². The van der Waals surface area contributed by atoms with E-state index in [1.165, 1.54) is 6.33 Å². The smallest absolute Gasteiger partial charge is 0.323 e. The minimum absolute atomic E-state index is 0.294. The zero-order chi connectivity index (χ0) is 21.4. The van der Waals surface area contributed by atoms with Gasteiger partial charge in [0, 0.05) is 21.8 Å². The van der Waals surface area contributed by atoms with Crippen LogP contribution in [0.25, 0.3) is 32.1 Å². The number of carbonyl (C=O) groups excluding carboxylic acids is 1. The van der Waals surface area contributed by atoms with Crippen LogP contribution in [-0.4, -0.2) is 16.0 Å². The van der Waals surface area contributed by atoms with Crippen LogP contribution in [0.1, 0.15) is 4.88 Å². The maximum Gasteiger partial charge on any atom is 0.323 e. The first-order valence-electron chi connectivity index (χ1n) is 9.75. The molecule has 31 heavy (non-hydrogen) atoms. The van der Waals surface area contributed by atoms with Gasteiger partial charge in [0.15, 0.2) is 0 Å². The molecular weight excluding hydrogens is 406 g/mol.